The van der Waals surface area contributed by atoms with E-state index >= 15 is 0 Å². The molecule has 2 aromatic carbocycles. The molecular weight excluding hydrogens is 339 g/mol. The van der Waals surface area contributed by atoms with Crippen LogP contribution in [0.1, 0.15) is 30.0 Å². The van der Waals surface area contributed by atoms with Crippen LogP contribution in [-0.2, 0) is 0 Å². The van der Waals surface area contributed by atoms with Crippen molar-refractivity contribution in [3.05, 3.63) is 83.9 Å². The van der Waals surface area contributed by atoms with Crippen LogP contribution in [-0.4, -0.2) is 30.1 Å². The van der Waals surface area contributed by atoms with Gasteiger partial charge < -0.3 is 4.74 Å². The molecule has 1 fully saturated rings. The first-order chi connectivity index (χ1) is 13.3. The lowest BCUT2D eigenvalue weighted by Crippen LogP contribution is -2.26. The molecule has 0 amide bonds. The fraction of sp³-hybridized carbons (Fsp3) is 0.261. The molecular formula is C23H23FN2O. The van der Waals surface area contributed by atoms with Crippen molar-refractivity contribution in [1.82, 2.24) is 9.88 Å². The van der Waals surface area contributed by atoms with Gasteiger partial charge >= 0.3 is 0 Å². The summed E-state index contributed by atoms with van der Waals surface area (Å²) in [6, 6.07) is 17.6. The van der Waals surface area contributed by atoms with Crippen LogP contribution in [0.15, 0.2) is 67.0 Å². The van der Waals surface area contributed by atoms with Crippen LogP contribution < -0.4 is 4.74 Å². The van der Waals surface area contributed by atoms with E-state index in [4.69, 9.17) is 4.74 Å². The van der Waals surface area contributed by atoms with Gasteiger partial charge in [-0.2, -0.15) is 0 Å². The number of benzene rings is 2. The third-order valence-corrected chi connectivity index (χ3v) is 5.23. The zero-order chi connectivity index (χ0) is 18.6. The van der Waals surface area contributed by atoms with Gasteiger partial charge in [-0.05, 0) is 66.9 Å². The topological polar surface area (TPSA) is 25.4 Å². The van der Waals surface area contributed by atoms with Gasteiger partial charge in [-0.1, -0.05) is 24.3 Å². The van der Waals surface area contributed by atoms with Crippen LogP contribution in [0.2, 0.25) is 0 Å². The fourth-order valence-electron chi connectivity index (χ4n) is 3.91. The van der Waals surface area contributed by atoms with E-state index in [0.717, 1.165) is 24.2 Å². The van der Waals surface area contributed by atoms with E-state index in [1.807, 2.05) is 12.4 Å². The number of ether oxygens (including phenoxy) is 1. The summed E-state index contributed by atoms with van der Waals surface area (Å²) in [5.41, 5.74) is 4.43. The van der Waals surface area contributed by atoms with Crippen molar-refractivity contribution in [3.63, 3.8) is 0 Å². The first-order valence-corrected chi connectivity index (χ1v) is 9.34. The molecule has 4 rings (SSSR count). The average molecular weight is 362 g/mol. The lowest BCUT2D eigenvalue weighted by molar-refractivity contribution is 0.281. The van der Waals surface area contributed by atoms with Crippen LogP contribution in [0.3, 0.4) is 0 Å². The van der Waals surface area contributed by atoms with Gasteiger partial charge in [0.1, 0.15) is 11.6 Å². The maximum absolute atomic E-state index is 13.5. The number of nitrogens with zero attached hydrogens (tertiary/aromatic N) is 2. The first-order valence-electron chi connectivity index (χ1n) is 9.34. The summed E-state index contributed by atoms with van der Waals surface area (Å²) in [4.78, 5) is 6.70. The Morgan fingerprint density at radius 1 is 0.926 bits per heavy atom. The Morgan fingerprint density at radius 2 is 1.59 bits per heavy atom. The number of rotatable bonds is 5. The Morgan fingerprint density at radius 3 is 2.26 bits per heavy atom. The van der Waals surface area contributed by atoms with Crippen molar-refractivity contribution in [2.45, 2.75) is 18.9 Å². The quantitative estimate of drug-likeness (QED) is 0.633. The zero-order valence-electron chi connectivity index (χ0n) is 15.4. The second-order valence-corrected chi connectivity index (χ2v) is 6.89. The minimum Gasteiger partial charge on any atom is -0.496 e. The Hall–Kier alpha value is -2.72. The maximum atomic E-state index is 13.5. The van der Waals surface area contributed by atoms with Gasteiger partial charge in [0.15, 0.2) is 0 Å². The van der Waals surface area contributed by atoms with Gasteiger partial charge in [0.2, 0.25) is 0 Å². The molecule has 27 heavy (non-hydrogen) atoms. The molecule has 0 radical (unpaired) electrons. The summed E-state index contributed by atoms with van der Waals surface area (Å²) < 4.78 is 18.8. The van der Waals surface area contributed by atoms with Crippen molar-refractivity contribution in [2.75, 3.05) is 20.2 Å². The molecule has 3 aromatic rings. The normalized spacial score (nSPS) is 15.6. The summed E-state index contributed by atoms with van der Waals surface area (Å²) in [7, 11) is 1.57. The SMILES string of the molecule is COc1cc(F)ccc1-c1ccc(C(c2ccncc2)N2CCCC2)cc1. The first kappa shape index (κ1) is 17.7. The van der Waals surface area contributed by atoms with E-state index in [1.54, 1.807) is 13.2 Å². The summed E-state index contributed by atoms with van der Waals surface area (Å²) in [6.07, 6.45) is 6.20. The molecule has 1 atom stereocenters. The number of pyridine rings is 1. The number of hydrogen-bond acceptors (Lipinski definition) is 3. The molecule has 1 aromatic heterocycles. The van der Waals surface area contributed by atoms with E-state index in [0.29, 0.717) is 5.75 Å². The van der Waals surface area contributed by atoms with E-state index in [1.165, 1.54) is 36.1 Å². The Bertz CT molecular complexity index is 890. The molecule has 138 valence electrons. The third kappa shape index (κ3) is 3.71. The van der Waals surface area contributed by atoms with Crippen molar-refractivity contribution in [2.24, 2.45) is 0 Å². The maximum Gasteiger partial charge on any atom is 0.129 e. The predicted octanol–water partition coefficient (Wildman–Crippen LogP) is 5.08. The highest BCUT2D eigenvalue weighted by atomic mass is 19.1. The summed E-state index contributed by atoms with van der Waals surface area (Å²) in [6.45, 7) is 2.22. The minimum atomic E-state index is -0.293. The molecule has 1 aliphatic rings. The summed E-state index contributed by atoms with van der Waals surface area (Å²) in [5.74, 6) is 0.256. The smallest absolute Gasteiger partial charge is 0.129 e. The van der Waals surface area contributed by atoms with Crippen molar-refractivity contribution >= 4 is 0 Å². The summed E-state index contributed by atoms with van der Waals surface area (Å²) >= 11 is 0. The van der Waals surface area contributed by atoms with E-state index in [2.05, 4.69) is 46.3 Å². The van der Waals surface area contributed by atoms with Crippen LogP contribution in [0, 0.1) is 5.82 Å². The molecule has 2 heterocycles. The van der Waals surface area contributed by atoms with Crippen LogP contribution in [0.4, 0.5) is 4.39 Å². The van der Waals surface area contributed by atoms with E-state index < -0.39 is 0 Å². The molecule has 0 aliphatic carbocycles. The second kappa shape index (κ2) is 7.89. The van der Waals surface area contributed by atoms with Crippen LogP contribution in [0.25, 0.3) is 11.1 Å². The molecule has 0 saturated carbocycles. The Labute approximate surface area is 159 Å². The minimum absolute atomic E-state index is 0.236. The molecule has 1 aliphatic heterocycles. The lowest BCUT2D eigenvalue weighted by Gasteiger charge is -2.28. The molecule has 4 heteroatoms. The highest BCUT2D eigenvalue weighted by Gasteiger charge is 2.25. The van der Waals surface area contributed by atoms with Gasteiger partial charge in [0, 0.05) is 24.0 Å². The van der Waals surface area contributed by atoms with Crippen LogP contribution >= 0.6 is 0 Å². The molecule has 0 bridgehead atoms. The Kier molecular flexibility index (Phi) is 5.16. The van der Waals surface area contributed by atoms with E-state index in [-0.39, 0.29) is 11.9 Å². The standard InChI is InChI=1S/C23H23FN2O/c1-27-22-16-20(24)8-9-21(22)17-4-6-18(7-5-17)23(26-14-2-3-15-26)19-10-12-25-13-11-19/h4-13,16,23H,2-3,14-15H2,1H3. The van der Waals surface area contributed by atoms with Crippen LogP contribution in [0.5, 0.6) is 5.75 Å². The lowest BCUT2D eigenvalue weighted by atomic mass is 9.95. The van der Waals surface area contributed by atoms with Crippen molar-refractivity contribution in [3.8, 4) is 16.9 Å². The van der Waals surface area contributed by atoms with Gasteiger partial charge in [-0.3, -0.25) is 9.88 Å². The molecule has 1 saturated heterocycles. The van der Waals surface area contributed by atoms with Gasteiger partial charge in [0.05, 0.1) is 13.2 Å². The third-order valence-electron chi connectivity index (χ3n) is 5.23. The highest BCUT2D eigenvalue weighted by molar-refractivity contribution is 5.70. The number of likely N-dealkylation sites (tertiary alicyclic amines) is 1. The fourth-order valence-corrected chi connectivity index (χ4v) is 3.91. The average Bonchev–Trinajstić information content (AvgIpc) is 3.24. The van der Waals surface area contributed by atoms with Crippen molar-refractivity contribution in [1.29, 1.82) is 0 Å². The van der Waals surface area contributed by atoms with Gasteiger partial charge in [-0.15, -0.1) is 0 Å². The zero-order valence-corrected chi connectivity index (χ0v) is 15.4. The molecule has 1 unspecified atom stereocenters. The monoisotopic (exact) mass is 362 g/mol. The van der Waals surface area contributed by atoms with Gasteiger partial charge in [0.25, 0.3) is 0 Å². The second-order valence-electron chi connectivity index (χ2n) is 6.89. The predicted molar refractivity (Wildman–Crippen MR) is 105 cm³/mol. The molecule has 3 nitrogen and oxygen atoms in total. The molecule has 0 spiro atoms. The van der Waals surface area contributed by atoms with Gasteiger partial charge in [-0.25, -0.2) is 4.39 Å². The van der Waals surface area contributed by atoms with E-state index in [9.17, 15) is 4.39 Å². The number of halogens is 1. The highest BCUT2D eigenvalue weighted by Crippen LogP contribution is 2.35. The number of hydrogen-bond donors (Lipinski definition) is 0. The molecule has 0 N–H and O–H groups in total. The number of aromatic nitrogens is 1. The largest absolute Gasteiger partial charge is 0.496 e. The number of methoxy groups -OCH3 is 1. The Balaban J connectivity index is 1.69. The van der Waals surface area contributed by atoms with Crippen molar-refractivity contribution < 1.29 is 9.13 Å². The summed E-state index contributed by atoms with van der Waals surface area (Å²) in [5, 5.41) is 0.